The molecule has 1 aromatic rings. The van der Waals surface area contributed by atoms with Crippen molar-refractivity contribution in [1.29, 1.82) is 0 Å². The maximum absolute atomic E-state index is 12.0. The first-order valence-corrected chi connectivity index (χ1v) is 8.51. The standard InChI is InChI=1S/C15H26N2O2S/c1-6-11-16-20(18,19)14-9-7-13(8-10-14)17-12(2)15(3,4)5/h7-10,12,16-17H,6,11H2,1-5H3. The summed E-state index contributed by atoms with van der Waals surface area (Å²) in [5, 5.41) is 3.39. The zero-order valence-electron chi connectivity index (χ0n) is 13.0. The molecule has 20 heavy (non-hydrogen) atoms. The summed E-state index contributed by atoms with van der Waals surface area (Å²) in [6.45, 7) is 11.0. The van der Waals surface area contributed by atoms with Crippen LogP contribution in [0.5, 0.6) is 0 Å². The van der Waals surface area contributed by atoms with Gasteiger partial charge in [0.1, 0.15) is 0 Å². The summed E-state index contributed by atoms with van der Waals surface area (Å²) in [6.07, 6.45) is 0.780. The highest BCUT2D eigenvalue weighted by Crippen LogP contribution is 2.23. The first-order chi connectivity index (χ1) is 9.16. The van der Waals surface area contributed by atoms with Crippen LogP contribution in [0.1, 0.15) is 41.0 Å². The van der Waals surface area contributed by atoms with E-state index in [1.165, 1.54) is 0 Å². The van der Waals surface area contributed by atoms with Gasteiger partial charge in [0.15, 0.2) is 0 Å². The minimum absolute atomic E-state index is 0.146. The van der Waals surface area contributed by atoms with Crippen LogP contribution in [0.3, 0.4) is 0 Å². The van der Waals surface area contributed by atoms with E-state index in [0.717, 1.165) is 12.1 Å². The second kappa shape index (κ2) is 6.59. The Morgan fingerprint density at radius 2 is 1.70 bits per heavy atom. The SMILES string of the molecule is CCCNS(=O)(=O)c1ccc(NC(C)C(C)(C)C)cc1. The molecule has 1 aromatic carbocycles. The predicted octanol–water partition coefficient (Wildman–Crippen LogP) is 3.22. The van der Waals surface area contributed by atoms with Crippen molar-refractivity contribution in [1.82, 2.24) is 4.72 Å². The third kappa shape index (κ3) is 4.80. The highest BCUT2D eigenvalue weighted by atomic mass is 32.2. The minimum atomic E-state index is -3.37. The Morgan fingerprint density at radius 3 is 2.15 bits per heavy atom. The number of rotatable bonds is 6. The lowest BCUT2D eigenvalue weighted by molar-refractivity contribution is 0.359. The van der Waals surface area contributed by atoms with E-state index in [-0.39, 0.29) is 5.41 Å². The van der Waals surface area contributed by atoms with E-state index in [2.05, 4.69) is 37.7 Å². The smallest absolute Gasteiger partial charge is 0.240 e. The molecule has 0 bridgehead atoms. The van der Waals surface area contributed by atoms with Gasteiger partial charge in [0.25, 0.3) is 0 Å². The van der Waals surface area contributed by atoms with E-state index in [1.54, 1.807) is 12.1 Å². The molecule has 0 fully saturated rings. The quantitative estimate of drug-likeness (QED) is 0.848. The van der Waals surface area contributed by atoms with Crippen molar-refractivity contribution in [3.63, 3.8) is 0 Å². The molecule has 0 aliphatic carbocycles. The third-order valence-corrected chi connectivity index (χ3v) is 4.87. The molecule has 0 aromatic heterocycles. The van der Waals surface area contributed by atoms with E-state index in [1.807, 2.05) is 19.1 Å². The van der Waals surface area contributed by atoms with Gasteiger partial charge in [-0.05, 0) is 43.0 Å². The maximum Gasteiger partial charge on any atom is 0.240 e. The summed E-state index contributed by atoms with van der Waals surface area (Å²) >= 11 is 0. The van der Waals surface area contributed by atoms with E-state index >= 15 is 0 Å². The Labute approximate surface area is 123 Å². The average molecular weight is 298 g/mol. The van der Waals surface area contributed by atoms with Gasteiger partial charge in [0, 0.05) is 18.3 Å². The number of anilines is 1. The molecule has 0 aliphatic heterocycles. The van der Waals surface area contributed by atoms with Crippen LogP contribution < -0.4 is 10.0 Å². The molecule has 0 aliphatic rings. The molecule has 0 radical (unpaired) electrons. The Kier molecular flexibility index (Phi) is 5.59. The highest BCUT2D eigenvalue weighted by Gasteiger charge is 2.20. The van der Waals surface area contributed by atoms with Crippen LogP contribution in [-0.4, -0.2) is 21.0 Å². The summed E-state index contributed by atoms with van der Waals surface area (Å²) in [7, 11) is -3.37. The average Bonchev–Trinajstić information content (AvgIpc) is 2.36. The van der Waals surface area contributed by atoms with Gasteiger partial charge >= 0.3 is 0 Å². The van der Waals surface area contributed by atoms with E-state index in [0.29, 0.717) is 17.5 Å². The van der Waals surface area contributed by atoms with Crippen LogP contribution in [0.15, 0.2) is 29.2 Å². The van der Waals surface area contributed by atoms with Crippen molar-refractivity contribution in [2.45, 2.75) is 52.0 Å². The van der Waals surface area contributed by atoms with E-state index in [9.17, 15) is 8.42 Å². The first-order valence-electron chi connectivity index (χ1n) is 7.03. The van der Waals surface area contributed by atoms with Crippen molar-refractivity contribution in [3.05, 3.63) is 24.3 Å². The molecule has 5 heteroatoms. The largest absolute Gasteiger partial charge is 0.382 e. The van der Waals surface area contributed by atoms with Crippen LogP contribution in [-0.2, 0) is 10.0 Å². The Balaban J connectivity index is 2.79. The molecule has 2 N–H and O–H groups in total. The molecule has 4 nitrogen and oxygen atoms in total. The lowest BCUT2D eigenvalue weighted by Crippen LogP contribution is -2.30. The fourth-order valence-electron chi connectivity index (χ4n) is 1.52. The zero-order chi connectivity index (χ0) is 15.4. The molecule has 0 amide bonds. The van der Waals surface area contributed by atoms with E-state index in [4.69, 9.17) is 0 Å². The third-order valence-electron chi connectivity index (χ3n) is 3.39. The molecule has 1 atom stereocenters. The topological polar surface area (TPSA) is 58.2 Å². The Bertz CT molecular complexity index is 516. The van der Waals surface area contributed by atoms with Gasteiger partial charge in [-0.1, -0.05) is 27.7 Å². The molecular weight excluding hydrogens is 272 g/mol. The second-order valence-corrected chi connectivity index (χ2v) is 7.92. The van der Waals surface area contributed by atoms with Crippen LogP contribution >= 0.6 is 0 Å². The molecule has 1 unspecified atom stereocenters. The van der Waals surface area contributed by atoms with Crippen molar-refractivity contribution in [2.24, 2.45) is 5.41 Å². The fraction of sp³-hybridized carbons (Fsp3) is 0.600. The van der Waals surface area contributed by atoms with Gasteiger partial charge in [-0.2, -0.15) is 0 Å². The number of hydrogen-bond acceptors (Lipinski definition) is 3. The van der Waals surface area contributed by atoms with Crippen LogP contribution in [0, 0.1) is 5.41 Å². The van der Waals surface area contributed by atoms with Gasteiger partial charge in [0.2, 0.25) is 10.0 Å². The van der Waals surface area contributed by atoms with Gasteiger partial charge in [-0.3, -0.25) is 0 Å². The molecule has 114 valence electrons. The first kappa shape index (κ1) is 17.0. The van der Waals surface area contributed by atoms with Crippen LogP contribution in [0.25, 0.3) is 0 Å². The Hall–Kier alpha value is -1.07. The van der Waals surface area contributed by atoms with Gasteiger partial charge in [-0.25, -0.2) is 13.1 Å². The zero-order valence-corrected chi connectivity index (χ0v) is 13.8. The van der Waals surface area contributed by atoms with Gasteiger partial charge < -0.3 is 5.32 Å². The number of sulfonamides is 1. The lowest BCUT2D eigenvalue weighted by atomic mass is 9.88. The molecule has 0 heterocycles. The lowest BCUT2D eigenvalue weighted by Gasteiger charge is -2.29. The summed E-state index contributed by atoms with van der Waals surface area (Å²) < 4.78 is 26.5. The molecule has 0 spiro atoms. The van der Waals surface area contributed by atoms with Crippen LogP contribution in [0.2, 0.25) is 0 Å². The van der Waals surface area contributed by atoms with Gasteiger partial charge in [-0.15, -0.1) is 0 Å². The van der Waals surface area contributed by atoms with Gasteiger partial charge in [0.05, 0.1) is 4.90 Å². The maximum atomic E-state index is 12.0. The van der Waals surface area contributed by atoms with Crippen LogP contribution in [0.4, 0.5) is 5.69 Å². The van der Waals surface area contributed by atoms with E-state index < -0.39 is 10.0 Å². The molecule has 0 saturated carbocycles. The number of benzene rings is 1. The molecule has 1 rings (SSSR count). The van der Waals surface area contributed by atoms with Crippen molar-refractivity contribution in [3.8, 4) is 0 Å². The van der Waals surface area contributed by atoms with Crippen molar-refractivity contribution < 1.29 is 8.42 Å². The number of hydrogen-bond donors (Lipinski definition) is 2. The normalized spacial score (nSPS) is 14.1. The Morgan fingerprint density at radius 1 is 1.15 bits per heavy atom. The molecular formula is C15H26N2O2S. The summed E-state index contributed by atoms with van der Waals surface area (Å²) in [5.74, 6) is 0. The summed E-state index contributed by atoms with van der Waals surface area (Å²) in [6, 6.07) is 7.18. The van der Waals surface area contributed by atoms with Crippen molar-refractivity contribution in [2.75, 3.05) is 11.9 Å². The summed E-state index contributed by atoms with van der Waals surface area (Å²) in [5.41, 5.74) is 1.08. The summed E-state index contributed by atoms with van der Waals surface area (Å²) in [4.78, 5) is 0.305. The highest BCUT2D eigenvalue weighted by molar-refractivity contribution is 7.89. The monoisotopic (exact) mass is 298 g/mol. The second-order valence-electron chi connectivity index (χ2n) is 6.15. The van der Waals surface area contributed by atoms with Crippen molar-refractivity contribution >= 4 is 15.7 Å². The minimum Gasteiger partial charge on any atom is -0.382 e. The fourth-order valence-corrected chi connectivity index (χ4v) is 2.65. The number of nitrogens with one attached hydrogen (secondary N) is 2. The molecule has 0 saturated heterocycles. The predicted molar refractivity (Wildman–Crippen MR) is 84.5 cm³/mol.